The van der Waals surface area contributed by atoms with Crippen LogP contribution in [0, 0.1) is 5.92 Å². The highest BCUT2D eigenvalue weighted by molar-refractivity contribution is 7.91. The van der Waals surface area contributed by atoms with E-state index in [1.165, 1.54) is 0 Å². The Hall–Kier alpha value is -0.290. The molecule has 0 saturated carbocycles. The minimum Gasteiger partial charge on any atom is -0.309 e. The van der Waals surface area contributed by atoms with Crippen LogP contribution in [0.2, 0.25) is 10.0 Å². The molecule has 1 heterocycles. The van der Waals surface area contributed by atoms with E-state index in [-0.39, 0.29) is 23.5 Å². The lowest BCUT2D eigenvalue weighted by atomic mass is 10.1. The number of halogens is 2. The quantitative estimate of drug-likeness (QED) is 0.867. The van der Waals surface area contributed by atoms with Crippen LogP contribution in [0.3, 0.4) is 0 Å². The normalized spacial score (nSPS) is 27.7. The first-order valence-electron chi connectivity index (χ1n) is 5.76. The average molecular weight is 308 g/mol. The highest BCUT2D eigenvalue weighted by Gasteiger charge is 2.28. The molecule has 0 radical (unpaired) electrons. The molecular formula is C12H15Cl2NO2S. The number of hydrogen-bond acceptors (Lipinski definition) is 3. The Bertz CT molecular complexity index is 545. The van der Waals surface area contributed by atoms with E-state index in [0.29, 0.717) is 16.6 Å². The van der Waals surface area contributed by atoms with E-state index in [4.69, 9.17) is 23.2 Å². The van der Waals surface area contributed by atoms with Crippen molar-refractivity contribution in [2.75, 3.05) is 18.1 Å². The SMILES string of the molecule is CC1CNC(c2cc(Cl)ccc2Cl)CS(=O)(=O)C1. The molecule has 0 bridgehead atoms. The predicted octanol–water partition coefficient (Wildman–Crippen LogP) is 2.69. The summed E-state index contributed by atoms with van der Waals surface area (Å²) in [5.41, 5.74) is 0.752. The third-order valence-electron chi connectivity index (χ3n) is 3.01. The zero-order chi connectivity index (χ0) is 13.3. The van der Waals surface area contributed by atoms with E-state index < -0.39 is 9.84 Å². The summed E-state index contributed by atoms with van der Waals surface area (Å²) in [6.07, 6.45) is 0. The highest BCUT2D eigenvalue weighted by Crippen LogP contribution is 2.29. The summed E-state index contributed by atoms with van der Waals surface area (Å²) in [4.78, 5) is 0. The van der Waals surface area contributed by atoms with Gasteiger partial charge in [-0.15, -0.1) is 0 Å². The van der Waals surface area contributed by atoms with Crippen molar-refractivity contribution >= 4 is 33.0 Å². The molecule has 1 aromatic carbocycles. The number of sulfone groups is 1. The molecule has 0 spiro atoms. The van der Waals surface area contributed by atoms with Crippen LogP contribution in [0.15, 0.2) is 18.2 Å². The van der Waals surface area contributed by atoms with Crippen LogP contribution in [0.25, 0.3) is 0 Å². The fraction of sp³-hybridized carbons (Fsp3) is 0.500. The monoisotopic (exact) mass is 307 g/mol. The van der Waals surface area contributed by atoms with Gasteiger partial charge in [0.05, 0.1) is 11.5 Å². The van der Waals surface area contributed by atoms with Gasteiger partial charge in [0.2, 0.25) is 0 Å². The van der Waals surface area contributed by atoms with Crippen LogP contribution in [-0.4, -0.2) is 26.5 Å². The minimum absolute atomic E-state index is 0.0669. The molecule has 6 heteroatoms. The Morgan fingerprint density at radius 3 is 2.72 bits per heavy atom. The second kappa shape index (κ2) is 5.37. The Kier molecular flexibility index (Phi) is 4.22. The van der Waals surface area contributed by atoms with Gasteiger partial charge in [-0.05, 0) is 36.2 Å². The summed E-state index contributed by atoms with van der Waals surface area (Å²) in [5, 5.41) is 4.35. The van der Waals surface area contributed by atoms with Gasteiger partial charge in [0.1, 0.15) is 0 Å². The molecule has 1 aliphatic rings. The van der Waals surface area contributed by atoms with Crippen molar-refractivity contribution in [2.24, 2.45) is 5.92 Å². The van der Waals surface area contributed by atoms with Gasteiger partial charge in [-0.25, -0.2) is 8.42 Å². The molecule has 100 valence electrons. The van der Waals surface area contributed by atoms with Gasteiger partial charge in [-0.2, -0.15) is 0 Å². The van der Waals surface area contributed by atoms with Crippen LogP contribution in [-0.2, 0) is 9.84 Å². The van der Waals surface area contributed by atoms with Gasteiger partial charge in [0.25, 0.3) is 0 Å². The van der Waals surface area contributed by atoms with Crippen LogP contribution in [0.4, 0.5) is 0 Å². The van der Waals surface area contributed by atoms with E-state index >= 15 is 0 Å². The first-order valence-corrected chi connectivity index (χ1v) is 8.34. The first kappa shape index (κ1) is 14.1. The summed E-state index contributed by atoms with van der Waals surface area (Å²) >= 11 is 12.1. The molecule has 2 unspecified atom stereocenters. The van der Waals surface area contributed by atoms with Crippen molar-refractivity contribution in [3.8, 4) is 0 Å². The maximum Gasteiger partial charge on any atom is 0.152 e. The largest absolute Gasteiger partial charge is 0.309 e. The van der Waals surface area contributed by atoms with Crippen molar-refractivity contribution in [3.63, 3.8) is 0 Å². The summed E-state index contributed by atoms with van der Waals surface area (Å²) in [7, 11) is -3.06. The maximum atomic E-state index is 11.9. The van der Waals surface area contributed by atoms with Gasteiger partial charge in [-0.1, -0.05) is 30.1 Å². The number of rotatable bonds is 1. The molecular weight excluding hydrogens is 293 g/mol. The average Bonchev–Trinajstić information content (AvgIpc) is 2.39. The van der Waals surface area contributed by atoms with E-state index in [2.05, 4.69) is 5.32 Å². The zero-order valence-electron chi connectivity index (χ0n) is 9.99. The lowest BCUT2D eigenvalue weighted by Crippen LogP contribution is -2.26. The van der Waals surface area contributed by atoms with Gasteiger partial charge < -0.3 is 5.32 Å². The first-order chi connectivity index (χ1) is 8.37. The van der Waals surface area contributed by atoms with Gasteiger partial charge in [-0.3, -0.25) is 0 Å². The van der Waals surface area contributed by atoms with Gasteiger partial charge in [0, 0.05) is 16.1 Å². The highest BCUT2D eigenvalue weighted by atomic mass is 35.5. The second-order valence-corrected chi connectivity index (χ2v) is 7.81. The standard InChI is InChI=1S/C12H15Cl2NO2S/c1-8-5-15-12(7-18(16,17)6-8)10-4-9(13)2-3-11(10)14/h2-4,8,12,15H,5-7H2,1H3. The van der Waals surface area contributed by atoms with Crippen LogP contribution in [0.1, 0.15) is 18.5 Å². The smallest absolute Gasteiger partial charge is 0.152 e. The van der Waals surface area contributed by atoms with Gasteiger partial charge in [0.15, 0.2) is 9.84 Å². The zero-order valence-corrected chi connectivity index (χ0v) is 12.3. The molecule has 2 atom stereocenters. The molecule has 1 N–H and O–H groups in total. The molecule has 3 nitrogen and oxygen atoms in total. The van der Waals surface area contributed by atoms with Crippen LogP contribution < -0.4 is 5.32 Å². The Balaban J connectivity index is 2.35. The molecule has 1 aromatic rings. The molecule has 1 aliphatic heterocycles. The van der Waals surface area contributed by atoms with Crippen molar-refractivity contribution in [1.29, 1.82) is 0 Å². The number of hydrogen-bond donors (Lipinski definition) is 1. The maximum absolute atomic E-state index is 11.9. The van der Waals surface area contributed by atoms with E-state index in [1.807, 2.05) is 6.92 Å². The Morgan fingerprint density at radius 2 is 2.00 bits per heavy atom. The van der Waals surface area contributed by atoms with Crippen LogP contribution >= 0.6 is 23.2 Å². The van der Waals surface area contributed by atoms with E-state index in [1.54, 1.807) is 18.2 Å². The number of benzene rings is 1. The topological polar surface area (TPSA) is 46.2 Å². The summed E-state index contributed by atoms with van der Waals surface area (Å²) < 4.78 is 23.9. The molecule has 0 amide bonds. The molecule has 0 aliphatic carbocycles. The second-order valence-electron chi connectivity index (χ2n) is 4.81. The van der Waals surface area contributed by atoms with Crippen molar-refractivity contribution in [2.45, 2.75) is 13.0 Å². The van der Waals surface area contributed by atoms with Crippen molar-refractivity contribution in [3.05, 3.63) is 33.8 Å². The molecule has 2 rings (SSSR count). The molecule has 0 aromatic heterocycles. The fourth-order valence-electron chi connectivity index (χ4n) is 2.20. The summed E-state index contributed by atoms with van der Waals surface area (Å²) in [6.45, 7) is 2.58. The molecule has 1 saturated heterocycles. The third kappa shape index (κ3) is 3.38. The third-order valence-corrected chi connectivity index (χ3v) is 5.50. The summed E-state index contributed by atoms with van der Waals surface area (Å²) in [6, 6.07) is 4.84. The van der Waals surface area contributed by atoms with Gasteiger partial charge >= 0.3 is 0 Å². The van der Waals surface area contributed by atoms with E-state index in [9.17, 15) is 8.42 Å². The molecule has 1 fully saturated rings. The van der Waals surface area contributed by atoms with Crippen molar-refractivity contribution in [1.82, 2.24) is 5.32 Å². The fourth-order valence-corrected chi connectivity index (χ4v) is 4.55. The lowest BCUT2D eigenvalue weighted by Gasteiger charge is -2.17. The van der Waals surface area contributed by atoms with E-state index in [0.717, 1.165) is 5.56 Å². The van der Waals surface area contributed by atoms with Crippen LogP contribution in [0.5, 0.6) is 0 Å². The minimum atomic E-state index is -3.06. The Morgan fingerprint density at radius 1 is 1.28 bits per heavy atom. The predicted molar refractivity (Wildman–Crippen MR) is 75.0 cm³/mol. The summed E-state index contributed by atoms with van der Waals surface area (Å²) in [5.74, 6) is 0.393. The Labute approximate surface area is 117 Å². The molecule has 18 heavy (non-hydrogen) atoms. The number of nitrogens with one attached hydrogen (secondary N) is 1. The lowest BCUT2D eigenvalue weighted by molar-refractivity contribution is 0.518. The van der Waals surface area contributed by atoms with Crippen molar-refractivity contribution < 1.29 is 8.42 Å².